The number of nitrogens with one attached hydrogen (secondary N) is 2. The lowest BCUT2D eigenvalue weighted by atomic mass is 9.91. The van der Waals surface area contributed by atoms with Gasteiger partial charge in [0.25, 0.3) is 0 Å². The Balaban J connectivity index is 1.66. The zero-order valence-corrected chi connectivity index (χ0v) is 15.0. The number of ether oxygens (including phenoxy) is 3. The Hall–Kier alpha value is -3.41. The predicted molar refractivity (Wildman–Crippen MR) is 101 cm³/mol. The van der Waals surface area contributed by atoms with E-state index in [1.54, 1.807) is 31.5 Å². The molecule has 2 aliphatic rings. The van der Waals surface area contributed by atoms with Crippen LogP contribution in [0.3, 0.4) is 0 Å². The van der Waals surface area contributed by atoms with E-state index in [4.69, 9.17) is 14.2 Å². The molecule has 1 unspecified atom stereocenters. The van der Waals surface area contributed by atoms with E-state index in [9.17, 15) is 4.79 Å². The van der Waals surface area contributed by atoms with Gasteiger partial charge in [0.15, 0.2) is 17.3 Å². The minimum atomic E-state index is -0.314. The molecule has 6 nitrogen and oxygen atoms in total. The Morgan fingerprint density at radius 3 is 2.59 bits per heavy atom. The van der Waals surface area contributed by atoms with Gasteiger partial charge in [-0.25, -0.2) is 0 Å². The second-order valence-corrected chi connectivity index (χ2v) is 6.26. The molecule has 27 heavy (non-hydrogen) atoms. The van der Waals surface area contributed by atoms with Crippen molar-refractivity contribution in [3.8, 4) is 17.2 Å². The van der Waals surface area contributed by atoms with Crippen LogP contribution in [0.5, 0.6) is 17.2 Å². The molecule has 2 aromatic rings. The topological polar surface area (TPSA) is 68.8 Å². The van der Waals surface area contributed by atoms with Gasteiger partial charge in [0, 0.05) is 17.3 Å². The monoisotopic (exact) mass is 364 g/mol. The number of carbonyl (C=O) groups is 1. The number of ketones is 1. The molecule has 0 amide bonds. The molecule has 0 fully saturated rings. The number of hydrogen-bond acceptors (Lipinski definition) is 6. The van der Waals surface area contributed by atoms with E-state index in [0.717, 1.165) is 11.3 Å². The summed E-state index contributed by atoms with van der Waals surface area (Å²) in [5.74, 6) is 2.55. The van der Waals surface area contributed by atoms with Crippen molar-refractivity contribution < 1.29 is 19.0 Å². The third-order valence-electron chi connectivity index (χ3n) is 4.55. The third-order valence-corrected chi connectivity index (χ3v) is 4.55. The van der Waals surface area contributed by atoms with Gasteiger partial charge in [0.05, 0.1) is 19.0 Å². The molecule has 2 N–H and O–H groups in total. The second kappa shape index (κ2) is 7.07. The van der Waals surface area contributed by atoms with Crippen LogP contribution in [0.2, 0.25) is 0 Å². The molecule has 1 atom stereocenters. The molecule has 0 radical (unpaired) electrons. The Morgan fingerprint density at radius 2 is 1.85 bits per heavy atom. The van der Waals surface area contributed by atoms with Gasteiger partial charge >= 0.3 is 0 Å². The molecular formula is C21H20N2O4. The Labute approximate surface area is 157 Å². The summed E-state index contributed by atoms with van der Waals surface area (Å²) in [7, 11) is 1.62. The molecule has 0 saturated heterocycles. The zero-order valence-electron chi connectivity index (χ0n) is 15.0. The number of carbonyl (C=O) groups excluding carboxylic acids is 1. The van der Waals surface area contributed by atoms with Crippen LogP contribution in [0.15, 0.2) is 66.6 Å². The van der Waals surface area contributed by atoms with Crippen molar-refractivity contribution in [3.63, 3.8) is 0 Å². The number of benzene rings is 2. The first-order valence-corrected chi connectivity index (χ1v) is 8.66. The highest BCUT2D eigenvalue weighted by atomic mass is 16.6. The van der Waals surface area contributed by atoms with E-state index >= 15 is 0 Å². The number of hydrogen-bond donors (Lipinski definition) is 2. The van der Waals surface area contributed by atoms with Gasteiger partial charge in [-0.2, -0.15) is 0 Å². The fraction of sp³-hybridized carbons (Fsp3) is 0.190. The van der Waals surface area contributed by atoms with E-state index in [1.807, 2.05) is 24.3 Å². The van der Waals surface area contributed by atoms with Gasteiger partial charge in [0.1, 0.15) is 19.0 Å². The van der Waals surface area contributed by atoms with Crippen molar-refractivity contribution in [1.29, 1.82) is 0 Å². The molecule has 2 heterocycles. The van der Waals surface area contributed by atoms with Crippen molar-refractivity contribution >= 4 is 5.78 Å². The first-order chi connectivity index (χ1) is 13.2. The van der Waals surface area contributed by atoms with Gasteiger partial charge in [-0.1, -0.05) is 18.7 Å². The summed E-state index contributed by atoms with van der Waals surface area (Å²) in [5, 5.41) is 6.24. The van der Waals surface area contributed by atoms with E-state index < -0.39 is 0 Å². The summed E-state index contributed by atoms with van der Waals surface area (Å²) in [6.07, 6.45) is 1.70. The van der Waals surface area contributed by atoms with Crippen molar-refractivity contribution in [2.45, 2.75) is 6.04 Å². The summed E-state index contributed by atoms with van der Waals surface area (Å²) in [6.45, 7) is 4.90. The Morgan fingerprint density at radius 1 is 1.11 bits per heavy atom. The minimum Gasteiger partial charge on any atom is -0.497 e. The maximum absolute atomic E-state index is 13.2. The Kier molecular flexibility index (Phi) is 4.46. The molecule has 0 bridgehead atoms. The smallest absolute Gasteiger partial charge is 0.193 e. The minimum absolute atomic E-state index is 0.0970. The first kappa shape index (κ1) is 17.0. The fourth-order valence-electron chi connectivity index (χ4n) is 3.15. The van der Waals surface area contributed by atoms with Crippen LogP contribution in [0.25, 0.3) is 0 Å². The standard InChI is InChI=1S/C21H20N2O4/c1-13-22-12-17(20(23-13)14-3-6-16(25-2)7-4-14)21(24)15-5-8-18-19(11-15)27-10-9-26-18/h3-8,11-12,20,22-23H,1,9-10H2,2H3. The van der Waals surface area contributed by atoms with Crippen LogP contribution in [0.1, 0.15) is 22.0 Å². The fourth-order valence-corrected chi connectivity index (χ4v) is 3.15. The molecule has 0 spiro atoms. The average molecular weight is 364 g/mol. The maximum Gasteiger partial charge on any atom is 0.193 e. The summed E-state index contributed by atoms with van der Waals surface area (Å²) in [6, 6.07) is 12.5. The highest BCUT2D eigenvalue weighted by molar-refractivity contribution is 6.10. The summed E-state index contributed by atoms with van der Waals surface area (Å²) in [4.78, 5) is 13.2. The summed E-state index contributed by atoms with van der Waals surface area (Å²) >= 11 is 0. The predicted octanol–water partition coefficient (Wildman–Crippen LogP) is 2.94. The van der Waals surface area contributed by atoms with Gasteiger partial charge in [-0.15, -0.1) is 0 Å². The van der Waals surface area contributed by atoms with Gasteiger partial charge in [0.2, 0.25) is 0 Å². The van der Waals surface area contributed by atoms with E-state index in [-0.39, 0.29) is 11.8 Å². The molecule has 0 saturated carbocycles. The SMILES string of the molecule is C=C1NC=C(C(=O)c2ccc3c(c2)OCCO3)C(c2ccc(OC)cc2)N1. The second-order valence-electron chi connectivity index (χ2n) is 6.26. The highest BCUT2D eigenvalue weighted by Gasteiger charge is 2.28. The lowest BCUT2D eigenvalue weighted by Gasteiger charge is -2.28. The van der Waals surface area contributed by atoms with Crippen LogP contribution >= 0.6 is 0 Å². The summed E-state index contributed by atoms with van der Waals surface area (Å²) in [5.41, 5.74) is 2.07. The van der Waals surface area contributed by atoms with Gasteiger partial charge < -0.3 is 24.8 Å². The maximum atomic E-state index is 13.2. The van der Waals surface area contributed by atoms with E-state index in [0.29, 0.717) is 41.7 Å². The van der Waals surface area contributed by atoms with Crippen molar-refractivity contribution in [3.05, 3.63) is 77.8 Å². The molecule has 4 rings (SSSR count). The molecule has 2 aromatic carbocycles. The number of rotatable bonds is 4. The van der Waals surface area contributed by atoms with Crippen molar-refractivity contribution in [1.82, 2.24) is 10.6 Å². The summed E-state index contributed by atoms with van der Waals surface area (Å²) < 4.78 is 16.3. The van der Waals surface area contributed by atoms with Crippen molar-refractivity contribution in [2.75, 3.05) is 20.3 Å². The van der Waals surface area contributed by atoms with Crippen LogP contribution in [0.4, 0.5) is 0 Å². The third kappa shape index (κ3) is 3.33. The zero-order chi connectivity index (χ0) is 18.8. The average Bonchev–Trinajstić information content (AvgIpc) is 2.73. The normalized spacial score (nSPS) is 18.0. The number of Topliss-reactive ketones (excluding diaryl/α,β-unsaturated/α-hetero) is 1. The molecule has 0 aliphatic carbocycles. The van der Waals surface area contributed by atoms with Gasteiger partial charge in [-0.3, -0.25) is 4.79 Å². The highest BCUT2D eigenvalue weighted by Crippen LogP contribution is 2.34. The molecular weight excluding hydrogens is 344 g/mol. The quantitative estimate of drug-likeness (QED) is 0.813. The number of fused-ring (bicyclic) bond motifs is 1. The van der Waals surface area contributed by atoms with E-state index in [1.165, 1.54) is 0 Å². The van der Waals surface area contributed by atoms with Crippen LogP contribution < -0.4 is 24.8 Å². The first-order valence-electron chi connectivity index (χ1n) is 8.66. The van der Waals surface area contributed by atoms with Crippen LogP contribution in [-0.2, 0) is 0 Å². The molecule has 138 valence electrons. The lowest BCUT2D eigenvalue weighted by molar-refractivity contribution is 0.102. The van der Waals surface area contributed by atoms with Crippen LogP contribution in [0, 0.1) is 0 Å². The molecule has 6 heteroatoms. The van der Waals surface area contributed by atoms with Crippen LogP contribution in [-0.4, -0.2) is 26.1 Å². The van der Waals surface area contributed by atoms with E-state index in [2.05, 4.69) is 17.2 Å². The largest absolute Gasteiger partial charge is 0.497 e. The molecule has 0 aromatic heterocycles. The van der Waals surface area contributed by atoms with Gasteiger partial charge in [-0.05, 0) is 35.9 Å². The lowest BCUT2D eigenvalue weighted by Crippen LogP contribution is -2.35. The molecule has 2 aliphatic heterocycles. The Bertz CT molecular complexity index is 918. The number of methoxy groups -OCH3 is 1. The van der Waals surface area contributed by atoms with Crippen molar-refractivity contribution in [2.24, 2.45) is 0 Å².